The van der Waals surface area contributed by atoms with Crippen LogP contribution in [0.4, 0.5) is 0 Å². The van der Waals surface area contributed by atoms with E-state index in [9.17, 15) is 8.42 Å². The average molecular weight is 261 g/mol. The third kappa shape index (κ3) is 12.5. The minimum atomic E-state index is -3.27. The summed E-state index contributed by atoms with van der Waals surface area (Å²) in [6.45, 7) is 0. The molecule has 0 aliphatic carbocycles. The van der Waals surface area contributed by atoms with Crippen molar-refractivity contribution in [3.8, 4) is 0 Å². The van der Waals surface area contributed by atoms with E-state index in [1.807, 2.05) is 0 Å². The van der Waals surface area contributed by atoms with Gasteiger partial charge in [-0.15, -0.1) is 11.6 Å². The molecule has 0 saturated heterocycles. The third-order valence-electron chi connectivity index (χ3n) is 2.02. The van der Waals surface area contributed by atoms with E-state index in [1.165, 1.54) is 19.3 Å². The first kappa shape index (κ1) is 14.5. The molecule has 0 amide bonds. The molecule has 0 fully saturated rings. The SMILES string of the molecule is O=S(=O)(Cl)CCCCCCCCCCl. The molecule has 0 heterocycles. The van der Waals surface area contributed by atoms with Gasteiger partial charge >= 0.3 is 0 Å². The molecule has 0 aliphatic heterocycles. The molecule has 0 aromatic carbocycles. The molecule has 0 radical (unpaired) electrons. The number of alkyl halides is 1. The van der Waals surface area contributed by atoms with Gasteiger partial charge in [-0.2, -0.15) is 0 Å². The fourth-order valence-electron chi connectivity index (χ4n) is 1.25. The van der Waals surface area contributed by atoms with Crippen LogP contribution in [0.1, 0.15) is 44.9 Å². The van der Waals surface area contributed by atoms with Crippen LogP contribution in [-0.4, -0.2) is 20.1 Å². The molecule has 0 aliphatic rings. The maximum atomic E-state index is 10.6. The lowest BCUT2D eigenvalue weighted by atomic mass is 10.1. The van der Waals surface area contributed by atoms with Crippen LogP contribution in [0.5, 0.6) is 0 Å². The molecule has 0 N–H and O–H groups in total. The van der Waals surface area contributed by atoms with Crippen LogP contribution in [0.15, 0.2) is 0 Å². The molecule has 5 heteroatoms. The van der Waals surface area contributed by atoms with Gasteiger partial charge in [0.05, 0.1) is 5.75 Å². The van der Waals surface area contributed by atoms with Crippen LogP contribution >= 0.6 is 22.3 Å². The van der Waals surface area contributed by atoms with Gasteiger partial charge in [0.2, 0.25) is 9.05 Å². The van der Waals surface area contributed by atoms with Crippen molar-refractivity contribution in [2.45, 2.75) is 44.9 Å². The first-order valence-electron chi connectivity index (χ1n) is 5.04. The second kappa shape index (κ2) is 8.81. The molecule has 0 atom stereocenters. The lowest BCUT2D eigenvalue weighted by Gasteiger charge is -1.99. The van der Waals surface area contributed by atoms with Gasteiger partial charge in [-0.25, -0.2) is 8.42 Å². The van der Waals surface area contributed by atoms with E-state index in [0.29, 0.717) is 6.42 Å². The van der Waals surface area contributed by atoms with Crippen LogP contribution in [0.25, 0.3) is 0 Å². The summed E-state index contributed by atoms with van der Waals surface area (Å²) in [5.41, 5.74) is 0. The fourth-order valence-corrected chi connectivity index (χ4v) is 2.32. The van der Waals surface area contributed by atoms with Crippen LogP contribution in [-0.2, 0) is 9.05 Å². The summed E-state index contributed by atoms with van der Waals surface area (Å²) in [6, 6.07) is 0. The van der Waals surface area contributed by atoms with Crippen molar-refractivity contribution in [1.29, 1.82) is 0 Å². The zero-order valence-electron chi connectivity index (χ0n) is 8.34. The molecular formula is C9H18Cl2O2S. The smallest absolute Gasteiger partial charge is 0.212 e. The number of hydrogen-bond donors (Lipinski definition) is 0. The summed E-state index contributed by atoms with van der Waals surface area (Å²) in [6.07, 6.45) is 7.34. The highest BCUT2D eigenvalue weighted by atomic mass is 35.7. The monoisotopic (exact) mass is 260 g/mol. The summed E-state index contributed by atoms with van der Waals surface area (Å²) >= 11 is 5.53. The number of halogens is 2. The molecule has 0 aromatic rings. The van der Waals surface area contributed by atoms with Crippen molar-refractivity contribution in [1.82, 2.24) is 0 Å². The molecule has 2 nitrogen and oxygen atoms in total. The van der Waals surface area contributed by atoms with E-state index in [4.69, 9.17) is 22.3 Å². The number of hydrogen-bond acceptors (Lipinski definition) is 2. The Balaban J connectivity index is 3.07. The van der Waals surface area contributed by atoms with Crippen LogP contribution in [0.2, 0.25) is 0 Å². The third-order valence-corrected chi connectivity index (χ3v) is 3.53. The normalized spacial score (nSPS) is 11.9. The Labute approximate surface area is 96.4 Å². The standard InChI is InChI=1S/C9H18Cl2O2S/c10-8-6-4-2-1-3-5-7-9-14(11,12)13/h1-9H2. The van der Waals surface area contributed by atoms with Crippen molar-refractivity contribution in [2.75, 3.05) is 11.6 Å². The Kier molecular flexibility index (Phi) is 9.14. The van der Waals surface area contributed by atoms with E-state index in [-0.39, 0.29) is 5.75 Å². The minimum Gasteiger partial charge on any atom is -0.212 e. The molecular weight excluding hydrogens is 243 g/mol. The Morgan fingerprint density at radius 1 is 0.786 bits per heavy atom. The van der Waals surface area contributed by atoms with Gasteiger partial charge in [-0.3, -0.25) is 0 Å². The number of unbranched alkanes of at least 4 members (excludes halogenated alkanes) is 6. The maximum Gasteiger partial charge on any atom is 0.232 e. The van der Waals surface area contributed by atoms with Crippen LogP contribution in [0.3, 0.4) is 0 Å². The topological polar surface area (TPSA) is 34.1 Å². The predicted octanol–water partition coefficient (Wildman–Crippen LogP) is 3.52. The second-order valence-electron chi connectivity index (χ2n) is 3.41. The highest BCUT2D eigenvalue weighted by Crippen LogP contribution is 2.09. The molecule has 0 rings (SSSR count). The lowest BCUT2D eigenvalue weighted by molar-refractivity contribution is 0.588. The van der Waals surface area contributed by atoms with E-state index in [0.717, 1.165) is 25.1 Å². The van der Waals surface area contributed by atoms with Gasteiger partial charge in [-0.05, 0) is 12.8 Å². The summed E-state index contributed by atoms with van der Waals surface area (Å²) < 4.78 is 21.1. The fraction of sp³-hybridized carbons (Fsp3) is 1.00. The van der Waals surface area contributed by atoms with Crippen molar-refractivity contribution < 1.29 is 8.42 Å². The Morgan fingerprint density at radius 3 is 1.64 bits per heavy atom. The molecule has 0 saturated carbocycles. The predicted molar refractivity (Wildman–Crippen MR) is 62.7 cm³/mol. The quantitative estimate of drug-likeness (QED) is 0.361. The average Bonchev–Trinajstić information content (AvgIpc) is 2.08. The highest BCUT2D eigenvalue weighted by molar-refractivity contribution is 8.13. The summed E-state index contributed by atoms with van der Waals surface area (Å²) in [7, 11) is 1.80. The largest absolute Gasteiger partial charge is 0.232 e. The maximum absolute atomic E-state index is 10.6. The Hall–Kier alpha value is 0.530. The Morgan fingerprint density at radius 2 is 1.21 bits per heavy atom. The van der Waals surface area contributed by atoms with Gasteiger partial charge in [-0.1, -0.05) is 32.1 Å². The van der Waals surface area contributed by atoms with Crippen molar-refractivity contribution in [3.05, 3.63) is 0 Å². The summed E-state index contributed by atoms with van der Waals surface area (Å²) in [5.74, 6) is 0.848. The van der Waals surface area contributed by atoms with E-state index in [2.05, 4.69) is 0 Å². The van der Waals surface area contributed by atoms with Gasteiger partial charge in [0.15, 0.2) is 0 Å². The summed E-state index contributed by atoms with van der Waals surface area (Å²) in [4.78, 5) is 0. The molecule has 0 aromatic heterocycles. The van der Waals surface area contributed by atoms with Crippen LogP contribution in [0, 0.1) is 0 Å². The van der Waals surface area contributed by atoms with E-state index >= 15 is 0 Å². The second-order valence-corrected chi connectivity index (χ2v) is 6.68. The molecule has 14 heavy (non-hydrogen) atoms. The van der Waals surface area contributed by atoms with Crippen molar-refractivity contribution in [3.63, 3.8) is 0 Å². The summed E-state index contributed by atoms with van der Waals surface area (Å²) in [5, 5.41) is 0. The van der Waals surface area contributed by atoms with Crippen molar-refractivity contribution >= 4 is 31.3 Å². The van der Waals surface area contributed by atoms with E-state index in [1.54, 1.807) is 0 Å². The first-order chi connectivity index (χ1) is 6.56. The zero-order valence-corrected chi connectivity index (χ0v) is 10.7. The molecule has 0 bridgehead atoms. The van der Waals surface area contributed by atoms with Gasteiger partial charge in [0.1, 0.15) is 0 Å². The Bertz CT molecular complexity index is 215. The molecule has 0 unspecified atom stereocenters. The number of rotatable bonds is 9. The minimum absolute atomic E-state index is 0.107. The lowest BCUT2D eigenvalue weighted by Crippen LogP contribution is -1.96. The van der Waals surface area contributed by atoms with Crippen LogP contribution < -0.4 is 0 Å². The van der Waals surface area contributed by atoms with Gasteiger partial charge in [0.25, 0.3) is 0 Å². The van der Waals surface area contributed by atoms with Gasteiger partial charge < -0.3 is 0 Å². The van der Waals surface area contributed by atoms with E-state index < -0.39 is 9.05 Å². The zero-order chi connectivity index (χ0) is 10.9. The molecule has 0 spiro atoms. The van der Waals surface area contributed by atoms with Crippen molar-refractivity contribution in [2.24, 2.45) is 0 Å². The molecule has 86 valence electrons. The van der Waals surface area contributed by atoms with Gasteiger partial charge in [0, 0.05) is 16.6 Å². The first-order valence-corrected chi connectivity index (χ1v) is 8.06. The highest BCUT2D eigenvalue weighted by Gasteiger charge is 2.03.